The van der Waals surface area contributed by atoms with Crippen molar-refractivity contribution in [1.82, 2.24) is 9.97 Å². The molecule has 180 valence electrons. The number of benzene rings is 1. The number of hydrogen-bond acceptors (Lipinski definition) is 9. The quantitative estimate of drug-likeness (QED) is 0.431. The van der Waals surface area contributed by atoms with Gasteiger partial charge >= 0.3 is 0 Å². The third kappa shape index (κ3) is 4.38. The molecule has 34 heavy (non-hydrogen) atoms. The molecular formula is C23H29N5O5Si. The Hall–Kier alpha value is -3.73. The molecule has 0 fully saturated rings. The molecule has 0 aliphatic carbocycles. The van der Waals surface area contributed by atoms with Crippen molar-refractivity contribution in [1.29, 1.82) is 0 Å². The third-order valence-corrected chi connectivity index (χ3v) is 9.21. The highest BCUT2D eigenvalue weighted by molar-refractivity contribution is 6.91. The lowest BCUT2D eigenvalue weighted by molar-refractivity contribution is 0.0990. The largest absolute Gasteiger partial charge is 0.479 e. The van der Waals surface area contributed by atoms with Crippen molar-refractivity contribution < 1.29 is 23.4 Å². The van der Waals surface area contributed by atoms with E-state index in [1.165, 1.54) is 25.5 Å². The Bertz CT molecular complexity index is 1200. The van der Waals surface area contributed by atoms with Crippen molar-refractivity contribution >= 4 is 36.5 Å². The van der Waals surface area contributed by atoms with E-state index in [2.05, 4.69) is 51.1 Å². The van der Waals surface area contributed by atoms with Gasteiger partial charge < -0.3 is 34.6 Å². The smallest absolute Gasteiger partial charge is 0.291 e. The van der Waals surface area contributed by atoms with Crippen LogP contribution >= 0.6 is 0 Å². The molecule has 11 heteroatoms. The van der Waals surface area contributed by atoms with Gasteiger partial charge in [-0.3, -0.25) is 4.79 Å². The predicted molar refractivity (Wildman–Crippen MR) is 133 cm³/mol. The van der Waals surface area contributed by atoms with Crippen LogP contribution in [0.5, 0.6) is 23.5 Å². The van der Waals surface area contributed by atoms with E-state index in [4.69, 9.17) is 18.6 Å². The van der Waals surface area contributed by atoms with Crippen LogP contribution < -0.4 is 35.3 Å². The summed E-state index contributed by atoms with van der Waals surface area (Å²) in [4.78, 5) is 21.3. The standard InChI is InChI=1S/C23H29N5O5Si/c1-13-7-9-15-17(25-11-12-34(15,5)6)19(13)33-16-10-8-14(32-16)20(29)26-18-21(30-3)27-23(24-2)28-22(18)31-4/h7-10,25H,11-12H2,1-6H3,(H,26,29)(H,24,27,28). The summed E-state index contributed by atoms with van der Waals surface area (Å²) in [5, 5.41) is 10.3. The molecule has 3 heterocycles. The van der Waals surface area contributed by atoms with E-state index in [-0.39, 0.29) is 29.2 Å². The second-order valence-electron chi connectivity index (χ2n) is 8.56. The minimum atomic E-state index is -1.54. The summed E-state index contributed by atoms with van der Waals surface area (Å²) < 4.78 is 22.4. The van der Waals surface area contributed by atoms with Crippen molar-refractivity contribution in [3.63, 3.8) is 0 Å². The number of furan rings is 1. The van der Waals surface area contributed by atoms with E-state index < -0.39 is 14.0 Å². The van der Waals surface area contributed by atoms with Gasteiger partial charge in [0.25, 0.3) is 11.9 Å². The highest BCUT2D eigenvalue weighted by Gasteiger charge is 2.32. The van der Waals surface area contributed by atoms with Crippen LogP contribution in [-0.2, 0) is 0 Å². The van der Waals surface area contributed by atoms with Crippen LogP contribution in [0.1, 0.15) is 16.1 Å². The molecule has 0 atom stereocenters. The zero-order valence-corrected chi connectivity index (χ0v) is 21.2. The summed E-state index contributed by atoms with van der Waals surface area (Å²) in [6, 6.07) is 8.59. The topological polar surface area (TPSA) is 120 Å². The average Bonchev–Trinajstić information content (AvgIpc) is 3.29. The van der Waals surface area contributed by atoms with Crippen LogP contribution in [0, 0.1) is 6.92 Å². The lowest BCUT2D eigenvalue weighted by Gasteiger charge is -2.33. The maximum Gasteiger partial charge on any atom is 0.291 e. The maximum atomic E-state index is 12.9. The Morgan fingerprint density at radius 2 is 1.82 bits per heavy atom. The second-order valence-corrected chi connectivity index (χ2v) is 13.4. The van der Waals surface area contributed by atoms with E-state index in [1.807, 2.05) is 6.92 Å². The molecule has 10 nitrogen and oxygen atoms in total. The van der Waals surface area contributed by atoms with Crippen LogP contribution in [0.3, 0.4) is 0 Å². The number of anilines is 3. The number of amides is 1. The van der Waals surface area contributed by atoms with Crippen LogP contribution in [0.2, 0.25) is 19.1 Å². The van der Waals surface area contributed by atoms with Crippen molar-refractivity contribution in [2.75, 3.05) is 43.8 Å². The monoisotopic (exact) mass is 483 g/mol. The van der Waals surface area contributed by atoms with Crippen molar-refractivity contribution in [3.8, 4) is 23.5 Å². The van der Waals surface area contributed by atoms with Crippen LogP contribution in [0.25, 0.3) is 0 Å². The fourth-order valence-corrected chi connectivity index (χ4v) is 6.33. The van der Waals surface area contributed by atoms with Gasteiger partial charge in [0.1, 0.15) is 0 Å². The Labute approximate surface area is 199 Å². The molecule has 3 aromatic rings. The minimum Gasteiger partial charge on any atom is -0.479 e. The maximum absolute atomic E-state index is 12.9. The molecule has 1 aliphatic heterocycles. The Balaban J connectivity index is 1.58. The number of nitrogens with one attached hydrogen (secondary N) is 3. The summed E-state index contributed by atoms with van der Waals surface area (Å²) in [5.41, 5.74) is 2.19. The van der Waals surface area contributed by atoms with E-state index >= 15 is 0 Å². The number of ether oxygens (including phenoxy) is 3. The minimum absolute atomic E-state index is 0.0573. The zero-order valence-electron chi connectivity index (χ0n) is 20.2. The molecule has 0 unspecified atom stereocenters. The molecule has 1 aliphatic rings. The highest BCUT2D eigenvalue weighted by Crippen LogP contribution is 2.37. The van der Waals surface area contributed by atoms with Gasteiger partial charge in [0.15, 0.2) is 17.2 Å². The zero-order chi connectivity index (χ0) is 24.5. The number of fused-ring (bicyclic) bond motifs is 1. The summed E-state index contributed by atoms with van der Waals surface area (Å²) in [5.74, 6) is 1.07. The van der Waals surface area contributed by atoms with E-state index in [0.29, 0.717) is 5.95 Å². The number of aromatic nitrogens is 2. The second kappa shape index (κ2) is 9.25. The molecule has 0 saturated heterocycles. The summed E-state index contributed by atoms with van der Waals surface area (Å²) >= 11 is 0. The SMILES string of the molecule is CNc1nc(OC)c(NC(=O)c2ccc(Oc3c(C)ccc4c3NCC[Si]4(C)C)o2)c(OC)n1. The lowest BCUT2D eigenvalue weighted by atomic mass is 10.2. The molecule has 0 spiro atoms. The summed E-state index contributed by atoms with van der Waals surface area (Å²) in [6.07, 6.45) is 0. The normalized spacial score (nSPS) is 13.9. The van der Waals surface area contributed by atoms with Crippen LogP contribution in [0.4, 0.5) is 17.3 Å². The number of methoxy groups -OCH3 is 2. The van der Waals surface area contributed by atoms with E-state index in [0.717, 1.165) is 23.5 Å². The van der Waals surface area contributed by atoms with Gasteiger partial charge in [0, 0.05) is 19.7 Å². The highest BCUT2D eigenvalue weighted by atomic mass is 28.3. The third-order valence-electron chi connectivity index (χ3n) is 5.83. The van der Waals surface area contributed by atoms with E-state index in [1.54, 1.807) is 19.2 Å². The van der Waals surface area contributed by atoms with Gasteiger partial charge in [-0.1, -0.05) is 25.2 Å². The Morgan fingerprint density at radius 3 is 2.47 bits per heavy atom. The number of carbonyl (C=O) groups excluding carboxylic acids is 1. The number of rotatable bonds is 7. The molecule has 4 rings (SSSR count). The fraction of sp³-hybridized carbons (Fsp3) is 0.348. The summed E-state index contributed by atoms with van der Waals surface area (Å²) in [6.45, 7) is 7.62. The first-order valence-corrected chi connectivity index (χ1v) is 14.1. The Kier molecular flexibility index (Phi) is 6.38. The molecular weight excluding hydrogens is 454 g/mol. The first-order chi connectivity index (χ1) is 16.3. The molecule has 0 bridgehead atoms. The van der Waals surface area contributed by atoms with Crippen molar-refractivity contribution in [3.05, 3.63) is 35.6 Å². The molecule has 1 amide bonds. The molecule has 1 aromatic carbocycles. The molecule has 0 radical (unpaired) electrons. The average molecular weight is 484 g/mol. The van der Waals surface area contributed by atoms with E-state index in [9.17, 15) is 4.79 Å². The van der Waals surface area contributed by atoms with Crippen LogP contribution in [-0.4, -0.2) is 51.8 Å². The fourth-order valence-electron chi connectivity index (χ4n) is 3.90. The lowest BCUT2D eigenvalue weighted by Crippen LogP contribution is -2.47. The van der Waals surface area contributed by atoms with Gasteiger partial charge in [0.2, 0.25) is 17.7 Å². The molecule has 2 aromatic heterocycles. The number of carbonyl (C=O) groups is 1. The van der Waals surface area contributed by atoms with Crippen molar-refractivity contribution in [2.24, 2.45) is 0 Å². The van der Waals surface area contributed by atoms with Gasteiger partial charge in [-0.25, -0.2) is 0 Å². The molecule has 0 saturated carbocycles. The number of nitrogens with zero attached hydrogens (tertiary/aromatic N) is 2. The number of hydrogen-bond donors (Lipinski definition) is 3. The Morgan fingerprint density at radius 1 is 1.12 bits per heavy atom. The first-order valence-electron chi connectivity index (χ1n) is 10.9. The van der Waals surface area contributed by atoms with Gasteiger partial charge in [-0.05, 0) is 29.8 Å². The first kappa shape index (κ1) is 23.4. The predicted octanol–water partition coefficient (Wildman–Crippen LogP) is 3.82. The number of aryl methyl sites for hydroxylation is 1. The van der Waals surface area contributed by atoms with Gasteiger partial charge in [0.05, 0.1) is 28.0 Å². The van der Waals surface area contributed by atoms with Crippen LogP contribution in [0.15, 0.2) is 28.7 Å². The van der Waals surface area contributed by atoms with Crippen molar-refractivity contribution in [2.45, 2.75) is 26.1 Å². The molecule has 3 N–H and O–H groups in total. The van der Waals surface area contributed by atoms with Gasteiger partial charge in [-0.15, -0.1) is 0 Å². The van der Waals surface area contributed by atoms with Gasteiger partial charge in [-0.2, -0.15) is 9.97 Å². The summed E-state index contributed by atoms with van der Waals surface area (Å²) in [7, 11) is 3.01.